The van der Waals surface area contributed by atoms with Gasteiger partial charge in [0.15, 0.2) is 0 Å². The number of ether oxygens (including phenoxy) is 1. The number of aromatic nitrogens is 3. The van der Waals surface area contributed by atoms with Crippen LogP contribution in [0.1, 0.15) is 17.3 Å². The topological polar surface area (TPSA) is 72.3 Å². The van der Waals surface area contributed by atoms with E-state index in [1.54, 1.807) is 42.3 Å². The monoisotopic (exact) mass is 303 g/mol. The smallest absolute Gasteiger partial charge is 0.318 e. The van der Waals surface area contributed by atoms with Gasteiger partial charge in [0.2, 0.25) is 0 Å². The summed E-state index contributed by atoms with van der Waals surface area (Å²) in [6, 6.07) is 5.23. The van der Waals surface area contributed by atoms with Gasteiger partial charge in [0.1, 0.15) is 0 Å². The summed E-state index contributed by atoms with van der Waals surface area (Å²) in [6.45, 7) is 0.872. The molecule has 1 atom stereocenters. The van der Waals surface area contributed by atoms with Crippen molar-refractivity contribution in [2.75, 3.05) is 20.8 Å². The van der Waals surface area contributed by atoms with Crippen molar-refractivity contribution in [2.45, 2.75) is 12.6 Å². The fourth-order valence-electron chi connectivity index (χ4n) is 2.19. The maximum absolute atomic E-state index is 12.3. The number of amides is 2. The quantitative estimate of drug-likeness (QED) is 0.874. The number of nitrogens with zero attached hydrogens (tertiary/aromatic N) is 4. The molecule has 1 N–H and O–H groups in total. The molecule has 0 aliphatic rings. The molecule has 0 unspecified atom stereocenters. The Morgan fingerprint density at radius 3 is 2.86 bits per heavy atom. The van der Waals surface area contributed by atoms with E-state index in [-0.39, 0.29) is 12.1 Å². The van der Waals surface area contributed by atoms with Gasteiger partial charge in [0.25, 0.3) is 0 Å². The molecule has 0 fully saturated rings. The SMILES string of the molecule is COC[C@H](NC(=O)N(C)Cc1cccnc1)c1ccnn1C. The first-order chi connectivity index (χ1) is 10.6. The lowest BCUT2D eigenvalue weighted by Gasteiger charge is -2.23. The molecule has 7 heteroatoms. The van der Waals surface area contributed by atoms with E-state index in [0.717, 1.165) is 11.3 Å². The highest BCUT2D eigenvalue weighted by atomic mass is 16.5. The van der Waals surface area contributed by atoms with E-state index < -0.39 is 0 Å². The van der Waals surface area contributed by atoms with Gasteiger partial charge < -0.3 is 15.0 Å². The molecule has 118 valence electrons. The first kappa shape index (κ1) is 16.0. The number of carbonyl (C=O) groups excluding carboxylic acids is 1. The van der Waals surface area contributed by atoms with E-state index in [1.807, 2.05) is 25.2 Å². The number of rotatable bonds is 6. The van der Waals surface area contributed by atoms with Gasteiger partial charge in [-0.2, -0.15) is 5.10 Å². The fourth-order valence-corrected chi connectivity index (χ4v) is 2.19. The second-order valence-corrected chi connectivity index (χ2v) is 5.05. The Hall–Kier alpha value is -2.41. The first-order valence-electron chi connectivity index (χ1n) is 6.99. The lowest BCUT2D eigenvalue weighted by molar-refractivity contribution is 0.154. The minimum absolute atomic E-state index is 0.174. The zero-order chi connectivity index (χ0) is 15.9. The molecule has 2 heterocycles. The Morgan fingerprint density at radius 2 is 2.27 bits per heavy atom. The van der Waals surface area contributed by atoms with Gasteiger partial charge in [-0.3, -0.25) is 9.67 Å². The summed E-state index contributed by atoms with van der Waals surface area (Å²) < 4.78 is 6.92. The van der Waals surface area contributed by atoms with Crippen molar-refractivity contribution in [3.05, 3.63) is 48.0 Å². The predicted octanol–water partition coefficient (Wildman–Crippen LogP) is 1.34. The maximum atomic E-state index is 12.3. The van der Waals surface area contributed by atoms with Crippen molar-refractivity contribution in [1.29, 1.82) is 0 Å². The normalized spacial score (nSPS) is 12.0. The molecular formula is C15H21N5O2. The molecule has 2 aromatic heterocycles. The Kier molecular flexibility index (Phi) is 5.48. The van der Waals surface area contributed by atoms with Crippen LogP contribution in [0.2, 0.25) is 0 Å². The highest BCUT2D eigenvalue weighted by Crippen LogP contribution is 2.12. The summed E-state index contributed by atoms with van der Waals surface area (Å²) in [6.07, 6.45) is 5.15. The molecule has 0 aromatic carbocycles. The van der Waals surface area contributed by atoms with Crippen molar-refractivity contribution in [2.24, 2.45) is 7.05 Å². The fraction of sp³-hybridized carbons (Fsp3) is 0.400. The average molecular weight is 303 g/mol. The second kappa shape index (κ2) is 7.56. The Balaban J connectivity index is 2.00. The van der Waals surface area contributed by atoms with Crippen LogP contribution in [0.3, 0.4) is 0 Å². The van der Waals surface area contributed by atoms with E-state index in [9.17, 15) is 4.79 Å². The third kappa shape index (κ3) is 4.05. The minimum atomic E-state index is -0.249. The molecule has 0 aliphatic heterocycles. The molecule has 2 rings (SSSR count). The summed E-state index contributed by atoms with van der Waals surface area (Å²) in [5.41, 5.74) is 1.87. The molecule has 7 nitrogen and oxygen atoms in total. The van der Waals surface area contributed by atoms with Gasteiger partial charge in [-0.1, -0.05) is 6.07 Å². The lowest BCUT2D eigenvalue weighted by Crippen LogP contribution is -2.41. The van der Waals surface area contributed by atoms with Crippen LogP contribution in [0.5, 0.6) is 0 Å². The van der Waals surface area contributed by atoms with E-state index in [2.05, 4.69) is 15.4 Å². The third-order valence-electron chi connectivity index (χ3n) is 3.34. The van der Waals surface area contributed by atoms with Crippen molar-refractivity contribution >= 4 is 6.03 Å². The predicted molar refractivity (Wildman–Crippen MR) is 82.1 cm³/mol. The number of methoxy groups -OCH3 is 1. The largest absolute Gasteiger partial charge is 0.382 e. The van der Waals surface area contributed by atoms with Crippen LogP contribution in [0.15, 0.2) is 36.8 Å². The number of carbonyl (C=O) groups is 1. The van der Waals surface area contributed by atoms with Gasteiger partial charge in [0, 0.05) is 46.3 Å². The first-order valence-corrected chi connectivity index (χ1v) is 6.99. The number of pyridine rings is 1. The minimum Gasteiger partial charge on any atom is -0.382 e. The van der Waals surface area contributed by atoms with Crippen molar-refractivity contribution < 1.29 is 9.53 Å². The molecule has 0 spiro atoms. The lowest BCUT2D eigenvalue weighted by atomic mass is 10.2. The summed E-state index contributed by atoms with van der Waals surface area (Å²) in [5, 5.41) is 7.09. The van der Waals surface area contributed by atoms with Crippen LogP contribution in [0.25, 0.3) is 0 Å². The summed E-state index contributed by atoms with van der Waals surface area (Å²) >= 11 is 0. The van der Waals surface area contributed by atoms with Crippen LogP contribution in [0, 0.1) is 0 Å². The summed E-state index contributed by atoms with van der Waals surface area (Å²) in [4.78, 5) is 18.0. The zero-order valence-electron chi connectivity index (χ0n) is 13.1. The second-order valence-electron chi connectivity index (χ2n) is 5.05. The maximum Gasteiger partial charge on any atom is 0.318 e. The third-order valence-corrected chi connectivity index (χ3v) is 3.34. The van der Waals surface area contributed by atoms with Gasteiger partial charge in [-0.25, -0.2) is 4.79 Å². The van der Waals surface area contributed by atoms with Gasteiger partial charge in [-0.05, 0) is 17.7 Å². The molecular weight excluding hydrogens is 282 g/mol. The molecule has 22 heavy (non-hydrogen) atoms. The van der Waals surface area contributed by atoms with Crippen molar-refractivity contribution in [1.82, 2.24) is 25.0 Å². The molecule has 2 aromatic rings. The van der Waals surface area contributed by atoms with Crippen LogP contribution in [0.4, 0.5) is 4.79 Å². The average Bonchev–Trinajstić information content (AvgIpc) is 2.93. The number of aryl methyl sites for hydroxylation is 1. The number of hydrogen-bond donors (Lipinski definition) is 1. The van der Waals surface area contributed by atoms with E-state index in [1.165, 1.54) is 0 Å². The Labute approximate surface area is 129 Å². The van der Waals surface area contributed by atoms with Crippen LogP contribution < -0.4 is 5.32 Å². The summed E-state index contributed by atoms with van der Waals surface area (Å²) in [7, 11) is 5.19. The molecule has 0 saturated carbocycles. The Morgan fingerprint density at radius 1 is 1.45 bits per heavy atom. The highest BCUT2D eigenvalue weighted by Gasteiger charge is 2.19. The van der Waals surface area contributed by atoms with Gasteiger partial charge in [-0.15, -0.1) is 0 Å². The molecule has 2 amide bonds. The molecule has 0 radical (unpaired) electrons. The van der Waals surface area contributed by atoms with Crippen molar-refractivity contribution in [3.8, 4) is 0 Å². The van der Waals surface area contributed by atoms with Crippen LogP contribution in [-0.4, -0.2) is 46.5 Å². The zero-order valence-corrected chi connectivity index (χ0v) is 13.1. The molecule has 0 bridgehead atoms. The summed E-state index contributed by atoms with van der Waals surface area (Å²) in [5.74, 6) is 0. The standard InChI is InChI=1S/C15H21N5O2/c1-19(10-12-5-4-7-16-9-12)15(21)18-13(11-22-3)14-6-8-17-20(14)2/h4-9,13H,10-11H2,1-3H3,(H,18,21)/t13-/m0/s1. The van der Waals surface area contributed by atoms with E-state index in [4.69, 9.17) is 4.74 Å². The van der Waals surface area contributed by atoms with E-state index >= 15 is 0 Å². The van der Waals surface area contributed by atoms with E-state index in [0.29, 0.717) is 13.2 Å². The molecule has 0 saturated heterocycles. The highest BCUT2D eigenvalue weighted by molar-refractivity contribution is 5.74. The number of nitrogens with one attached hydrogen (secondary N) is 1. The van der Waals surface area contributed by atoms with Gasteiger partial charge in [0.05, 0.1) is 18.3 Å². The van der Waals surface area contributed by atoms with Crippen molar-refractivity contribution in [3.63, 3.8) is 0 Å². The number of hydrogen-bond acceptors (Lipinski definition) is 4. The number of urea groups is 1. The van der Waals surface area contributed by atoms with Crippen LogP contribution >= 0.6 is 0 Å². The molecule has 0 aliphatic carbocycles. The van der Waals surface area contributed by atoms with Gasteiger partial charge >= 0.3 is 6.03 Å². The van der Waals surface area contributed by atoms with Crippen LogP contribution in [-0.2, 0) is 18.3 Å². The Bertz CT molecular complexity index is 599.